The minimum absolute atomic E-state index is 0.00285. The number of halogens is 1. The molecule has 1 heterocycles. The third kappa shape index (κ3) is 4.07. The number of hydrogen-bond acceptors (Lipinski definition) is 2. The Morgan fingerprint density at radius 2 is 2.00 bits per heavy atom. The summed E-state index contributed by atoms with van der Waals surface area (Å²) in [5, 5.41) is 3.65. The van der Waals surface area contributed by atoms with E-state index in [9.17, 15) is 4.79 Å². The molecule has 0 radical (unpaired) electrons. The summed E-state index contributed by atoms with van der Waals surface area (Å²) >= 11 is 6.07. The SMILES string of the molecule is CC(NC(=O)CCc1ccccc1Cl)c1ccccn1. The Morgan fingerprint density at radius 1 is 1.25 bits per heavy atom. The van der Waals surface area contributed by atoms with Crippen LogP contribution in [-0.4, -0.2) is 10.9 Å². The molecule has 1 atom stereocenters. The molecule has 1 aromatic carbocycles. The lowest BCUT2D eigenvalue weighted by molar-refractivity contribution is -0.121. The highest BCUT2D eigenvalue weighted by molar-refractivity contribution is 6.31. The maximum Gasteiger partial charge on any atom is 0.220 e. The number of aryl methyl sites for hydroxylation is 1. The second kappa shape index (κ2) is 7.06. The van der Waals surface area contributed by atoms with Gasteiger partial charge in [0.1, 0.15) is 0 Å². The molecule has 2 rings (SSSR count). The number of carbonyl (C=O) groups is 1. The van der Waals surface area contributed by atoms with Crippen LogP contribution in [0.4, 0.5) is 0 Å². The molecular formula is C16H17ClN2O. The number of nitrogens with one attached hydrogen (secondary N) is 1. The minimum atomic E-state index is -0.0880. The van der Waals surface area contributed by atoms with Crippen LogP contribution in [0.25, 0.3) is 0 Å². The average Bonchev–Trinajstić information content (AvgIpc) is 2.47. The lowest BCUT2D eigenvalue weighted by Crippen LogP contribution is -2.27. The monoisotopic (exact) mass is 288 g/mol. The van der Waals surface area contributed by atoms with E-state index < -0.39 is 0 Å². The molecule has 4 heteroatoms. The molecule has 1 N–H and O–H groups in total. The molecule has 0 bridgehead atoms. The number of rotatable bonds is 5. The fourth-order valence-corrected chi connectivity index (χ4v) is 2.20. The summed E-state index contributed by atoms with van der Waals surface area (Å²) in [5.41, 5.74) is 1.85. The summed E-state index contributed by atoms with van der Waals surface area (Å²) in [7, 11) is 0. The Balaban J connectivity index is 1.86. The highest BCUT2D eigenvalue weighted by Gasteiger charge is 2.10. The van der Waals surface area contributed by atoms with Crippen LogP contribution in [0.15, 0.2) is 48.7 Å². The van der Waals surface area contributed by atoms with Gasteiger partial charge in [-0.1, -0.05) is 35.9 Å². The predicted molar refractivity (Wildman–Crippen MR) is 80.6 cm³/mol. The average molecular weight is 289 g/mol. The van der Waals surface area contributed by atoms with E-state index in [2.05, 4.69) is 10.3 Å². The van der Waals surface area contributed by atoms with Gasteiger partial charge in [-0.25, -0.2) is 0 Å². The molecule has 0 aliphatic heterocycles. The highest BCUT2D eigenvalue weighted by atomic mass is 35.5. The molecule has 3 nitrogen and oxygen atoms in total. The van der Waals surface area contributed by atoms with Gasteiger partial charge in [-0.3, -0.25) is 9.78 Å². The molecule has 1 aromatic heterocycles. The molecule has 0 aliphatic rings. The van der Waals surface area contributed by atoms with E-state index in [-0.39, 0.29) is 11.9 Å². The van der Waals surface area contributed by atoms with E-state index >= 15 is 0 Å². The number of aromatic nitrogens is 1. The van der Waals surface area contributed by atoms with Gasteiger partial charge in [0.05, 0.1) is 11.7 Å². The van der Waals surface area contributed by atoms with Crippen molar-refractivity contribution >= 4 is 17.5 Å². The number of carbonyl (C=O) groups excluding carboxylic acids is 1. The molecule has 0 aliphatic carbocycles. The second-order valence-corrected chi connectivity index (χ2v) is 5.04. The third-order valence-electron chi connectivity index (χ3n) is 3.09. The largest absolute Gasteiger partial charge is 0.348 e. The van der Waals surface area contributed by atoms with Crippen molar-refractivity contribution in [2.45, 2.75) is 25.8 Å². The fraction of sp³-hybridized carbons (Fsp3) is 0.250. The first-order valence-corrected chi connectivity index (χ1v) is 6.98. The lowest BCUT2D eigenvalue weighted by Gasteiger charge is -2.13. The Hall–Kier alpha value is -1.87. The van der Waals surface area contributed by atoms with Crippen molar-refractivity contribution < 1.29 is 4.79 Å². The zero-order valence-electron chi connectivity index (χ0n) is 11.3. The summed E-state index contributed by atoms with van der Waals surface area (Å²) in [5.74, 6) is 0.00285. The van der Waals surface area contributed by atoms with E-state index in [0.29, 0.717) is 17.9 Å². The zero-order valence-corrected chi connectivity index (χ0v) is 12.1. The van der Waals surface area contributed by atoms with Crippen LogP contribution in [0.2, 0.25) is 5.02 Å². The topological polar surface area (TPSA) is 42.0 Å². The van der Waals surface area contributed by atoms with Crippen molar-refractivity contribution in [1.82, 2.24) is 10.3 Å². The molecule has 2 aromatic rings. The van der Waals surface area contributed by atoms with Gasteiger partial charge in [0, 0.05) is 17.6 Å². The number of amides is 1. The maximum absolute atomic E-state index is 11.9. The van der Waals surface area contributed by atoms with Crippen LogP contribution in [0, 0.1) is 0 Å². The summed E-state index contributed by atoms with van der Waals surface area (Å²) in [6.07, 6.45) is 2.78. The van der Waals surface area contributed by atoms with Gasteiger partial charge in [0.25, 0.3) is 0 Å². The van der Waals surface area contributed by atoms with E-state index in [4.69, 9.17) is 11.6 Å². The van der Waals surface area contributed by atoms with Crippen molar-refractivity contribution in [1.29, 1.82) is 0 Å². The minimum Gasteiger partial charge on any atom is -0.348 e. The summed E-state index contributed by atoms with van der Waals surface area (Å²) in [4.78, 5) is 16.2. The van der Waals surface area contributed by atoms with E-state index in [0.717, 1.165) is 11.3 Å². The Labute approximate surface area is 124 Å². The van der Waals surface area contributed by atoms with Crippen molar-refractivity contribution in [3.05, 3.63) is 64.9 Å². The fourth-order valence-electron chi connectivity index (χ4n) is 1.97. The van der Waals surface area contributed by atoms with E-state index in [1.54, 1.807) is 6.20 Å². The van der Waals surface area contributed by atoms with Gasteiger partial charge in [-0.15, -0.1) is 0 Å². The van der Waals surface area contributed by atoms with Gasteiger partial charge in [0.2, 0.25) is 5.91 Å². The van der Waals surface area contributed by atoms with Crippen LogP contribution in [0.5, 0.6) is 0 Å². The highest BCUT2D eigenvalue weighted by Crippen LogP contribution is 2.16. The van der Waals surface area contributed by atoms with Crippen LogP contribution in [0.3, 0.4) is 0 Å². The molecule has 0 saturated carbocycles. The van der Waals surface area contributed by atoms with Gasteiger partial charge in [-0.05, 0) is 37.1 Å². The quantitative estimate of drug-likeness (QED) is 0.914. The second-order valence-electron chi connectivity index (χ2n) is 4.64. The molecule has 0 fully saturated rings. The Bertz CT molecular complexity index is 572. The number of benzene rings is 1. The lowest BCUT2D eigenvalue weighted by atomic mass is 10.1. The van der Waals surface area contributed by atoms with Gasteiger partial charge in [-0.2, -0.15) is 0 Å². The van der Waals surface area contributed by atoms with E-state index in [1.807, 2.05) is 49.4 Å². The summed E-state index contributed by atoms with van der Waals surface area (Å²) in [6, 6.07) is 13.2. The Morgan fingerprint density at radius 3 is 2.70 bits per heavy atom. The van der Waals surface area contributed by atoms with Crippen molar-refractivity contribution in [3.8, 4) is 0 Å². The first-order valence-electron chi connectivity index (χ1n) is 6.60. The van der Waals surface area contributed by atoms with Crippen molar-refractivity contribution in [3.63, 3.8) is 0 Å². The maximum atomic E-state index is 11.9. The van der Waals surface area contributed by atoms with E-state index in [1.165, 1.54) is 0 Å². The van der Waals surface area contributed by atoms with Crippen LogP contribution in [-0.2, 0) is 11.2 Å². The summed E-state index contributed by atoms with van der Waals surface area (Å²) in [6.45, 7) is 1.93. The summed E-state index contributed by atoms with van der Waals surface area (Å²) < 4.78 is 0. The van der Waals surface area contributed by atoms with Crippen LogP contribution >= 0.6 is 11.6 Å². The molecule has 20 heavy (non-hydrogen) atoms. The van der Waals surface area contributed by atoms with Gasteiger partial charge < -0.3 is 5.32 Å². The smallest absolute Gasteiger partial charge is 0.220 e. The molecule has 104 valence electrons. The normalized spacial score (nSPS) is 11.9. The number of nitrogens with zero attached hydrogens (tertiary/aromatic N) is 1. The number of hydrogen-bond donors (Lipinski definition) is 1. The third-order valence-corrected chi connectivity index (χ3v) is 3.46. The predicted octanol–water partition coefficient (Wildman–Crippen LogP) is 3.55. The molecule has 1 amide bonds. The van der Waals surface area contributed by atoms with Gasteiger partial charge >= 0.3 is 0 Å². The van der Waals surface area contributed by atoms with Crippen LogP contribution in [0.1, 0.15) is 30.6 Å². The Kier molecular flexibility index (Phi) is 5.13. The first kappa shape index (κ1) is 14.5. The number of pyridine rings is 1. The molecule has 1 unspecified atom stereocenters. The molecule has 0 saturated heterocycles. The molecular weight excluding hydrogens is 272 g/mol. The van der Waals surface area contributed by atoms with Crippen LogP contribution < -0.4 is 5.32 Å². The van der Waals surface area contributed by atoms with Gasteiger partial charge in [0.15, 0.2) is 0 Å². The standard InChI is InChI=1S/C16H17ClN2O/c1-12(15-8-4-5-11-18-15)19-16(20)10-9-13-6-2-3-7-14(13)17/h2-8,11-12H,9-10H2,1H3,(H,19,20). The first-order chi connectivity index (χ1) is 9.66. The zero-order chi connectivity index (χ0) is 14.4. The van der Waals surface area contributed by atoms with Crippen molar-refractivity contribution in [2.75, 3.05) is 0 Å². The van der Waals surface area contributed by atoms with Crippen molar-refractivity contribution in [2.24, 2.45) is 0 Å². The molecule has 0 spiro atoms.